The largest absolute Gasteiger partial charge is 0.466 e. The number of hydrogen-bond acceptors (Lipinski definition) is 5. The maximum absolute atomic E-state index is 12.5. The van der Waals surface area contributed by atoms with E-state index >= 15 is 0 Å². The second-order valence-electron chi connectivity index (χ2n) is 23.9. The minimum atomic E-state index is -0.671. The molecule has 0 saturated carbocycles. The lowest BCUT2D eigenvalue weighted by Gasteiger charge is -2.22. The molecule has 6 heteroatoms. The van der Waals surface area contributed by atoms with Crippen molar-refractivity contribution in [2.24, 2.45) is 0 Å². The van der Waals surface area contributed by atoms with Crippen LogP contribution in [-0.4, -0.2) is 47.4 Å². The molecule has 0 spiro atoms. The highest BCUT2D eigenvalue weighted by Crippen LogP contribution is 2.18. The molecule has 0 saturated heterocycles. The summed E-state index contributed by atoms with van der Waals surface area (Å²) in [6, 6.07) is -0.548. The third kappa shape index (κ3) is 61.6. The van der Waals surface area contributed by atoms with Crippen LogP contribution < -0.4 is 5.32 Å². The van der Waals surface area contributed by atoms with Gasteiger partial charge in [0.15, 0.2) is 0 Å². The zero-order chi connectivity index (χ0) is 55.0. The minimum absolute atomic E-state index is 0.00178. The van der Waals surface area contributed by atoms with Gasteiger partial charge in [0.2, 0.25) is 5.91 Å². The topological polar surface area (TPSA) is 95.9 Å². The number of rotatable bonds is 65. The molecule has 0 aromatic heterocycles. The van der Waals surface area contributed by atoms with Gasteiger partial charge >= 0.3 is 5.97 Å². The van der Waals surface area contributed by atoms with Crippen molar-refractivity contribution in [2.75, 3.05) is 13.2 Å². The SMILES string of the molecule is CCCCCCCCC/C=C\CCCCCCCC(=O)OCCCCCCCCCCCC/C=C\CCCCCCCCCC(=O)NC(CO)C(O)CCCCCCCCCCCCCCCCCCCCCCCC. The van der Waals surface area contributed by atoms with E-state index in [1.807, 2.05) is 0 Å². The highest BCUT2D eigenvalue weighted by molar-refractivity contribution is 5.76. The van der Waals surface area contributed by atoms with E-state index in [0.29, 0.717) is 25.9 Å². The van der Waals surface area contributed by atoms with E-state index in [-0.39, 0.29) is 18.5 Å². The molecule has 3 N–H and O–H groups in total. The lowest BCUT2D eigenvalue weighted by Crippen LogP contribution is -2.45. The Kier molecular flexibility index (Phi) is 64.4. The van der Waals surface area contributed by atoms with Gasteiger partial charge in [0.1, 0.15) is 0 Å². The lowest BCUT2D eigenvalue weighted by molar-refractivity contribution is -0.143. The zero-order valence-corrected chi connectivity index (χ0v) is 51.5. The maximum atomic E-state index is 12.5. The summed E-state index contributed by atoms with van der Waals surface area (Å²) in [5, 5.41) is 23.4. The Hall–Kier alpha value is -1.66. The van der Waals surface area contributed by atoms with Gasteiger partial charge in [-0.15, -0.1) is 0 Å². The fourth-order valence-electron chi connectivity index (χ4n) is 10.9. The van der Waals surface area contributed by atoms with E-state index in [9.17, 15) is 19.8 Å². The van der Waals surface area contributed by atoms with Crippen molar-refractivity contribution in [1.82, 2.24) is 5.32 Å². The molecule has 76 heavy (non-hydrogen) atoms. The third-order valence-corrected chi connectivity index (χ3v) is 16.2. The molecule has 1 amide bonds. The summed E-state index contributed by atoms with van der Waals surface area (Å²) in [6.07, 6.45) is 82.1. The number of aliphatic hydroxyl groups excluding tert-OH is 2. The van der Waals surface area contributed by atoms with Gasteiger partial charge in [-0.3, -0.25) is 9.59 Å². The minimum Gasteiger partial charge on any atom is -0.466 e. The number of esters is 1. The van der Waals surface area contributed by atoms with Crippen molar-refractivity contribution >= 4 is 11.9 Å². The monoisotopic (exact) mass is 1070 g/mol. The first-order valence-electron chi connectivity index (χ1n) is 34.6. The van der Waals surface area contributed by atoms with Gasteiger partial charge in [0, 0.05) is 12.8 Å². The van der Waals surface area contributed by atoms with Crippen molar-refractivity contribution in [2.45, 2.75) is 398 Å². The fourth-order valence-corrected chi connectivity index (χ4v) is 10.9. The number of nitrogens with one attached hydrogen (secondary N) is 1. The molecule has 0 heterocycles. The molecule has 450 valence electrons. The summed E-state index contributed by atoms with van der Waals surface area (Å²) in [5.41, 5.74) is 0. The van der Waals surface area contributed by atoms with E-state index < -0.39 is 12.1 Å². The van der Waals surface area contributed by atoms with Crippen LogP contribution in [0.4, 0.5) is 0 Å². The van der Waals surface area contributed by atoms with Crippen LogP contribution in [0.25, 0.3) is 0 Å². The van der Waals surface area contributed by atoms with Crippen molar-refractivity contribution in [1.29, 1.82) is 0 Å². The Morgan fingerprint density at radius 1 is 0.355 bits per heavy atom. The predicted molar refractivity (Wildman–Crippen MR) is 333 cm³/mol. The third-order valence-electron chi connectivity index (χ3n) is 16.2. The Labute approximate surface area is 475 Å². The Morgan fingerprint density at radius 2 is 0.618 bits per heavy atom. The molecule has 0 aliphatic heterocycles. The first-order valence-corrected chi connectivity index (χ1v) is 34.6. The highest BCUT2D eigenvalue weighted by Gasteiger charge is 2.20. The molecule has 0 rings (SSSR count). The number of aliphatic hydroxyl groups is 2. The van der Waals surface area contributed by atoms with Crippen molar-refractivity contribution in [3.63, 3.8) is 0 Å². The normalized spacial score (nSPS) is 12.6. The van der Waals surface area contributed by atoms with Crippen molar-refractivity contribution in [3.8, 4) is 0 Å². The van der Waals surface area contributed by atoms with Gasteiger partial charge < -0.3 is 20.3 Å². The molecule has 0 aliphatic carbocycles. The Bertz CT molecular complexity index is 1190. The van der Waals surface area contributed by atoms with Crippen LogP contribution in [0.5, 0.6) is 0 Å². The van der Waals surface area contributed by atoms with Gasteiger partial charge in [-0.2, -0.15) is 0 Å². The summed E-state index contributed by atoms with van der Waals surface area (Å²) in [4.78, 5) is 24.6. The van der Waals surface area contributed by atoms with Crippen molar-refractivity contribution in [3.05, 3.63) is 24.3 Å². The molecule has 2 atom stereocenters. The summed E-state index contributed by atoms with van der Waals surface area (Å²) in [7, 11) is 0. The fraction of sp³-hybridized carbons (Fsp3) is 0.914. The zero-order valence-electron chi connectivity index (χ0n) is 51.5. The van der Waals surface area contributed by atoms with Gasteiger partial charge in [-0.1, -0.05) is 321 Å². The number of hydrogen-bond donors (Lipinski definition) is 3. The molecule has 0 radical (unpaired) electrons. The Balaban J connectivity index is 3.42. The second kappa shape index (κ2) is 65.9. The van der Waals surface area contributed by atoms with Crippen molar-refractivity contribution < 1.29 is 24.5 Å². The molecule has 0 bridgehead atoms. The predicted octanol–water partition coefficient (Wildman–Crippen LogP) is 22.1. The maximum Gasteiger partial charge on any atom is 0.305 e. The van der Waals surface area contributed by atoms with E-state index in [0.717, 1.165) is 44.9 Å². The average Bonchev–Trinajstić information content (AvgIpc) is 3.42. The number of allylic oxidation sites excluding steroid dienone is 4. The molecule has 6 nitrogen and oxygen atoms in total. The Morgan fingerprint density at radius 3 is 0.934 bits per heavy atom. The van der Waals surface area contributed by atoms with Crippen LogP contribution >= 0.6 is 0 Å². The van der Waals surface area contributed by atoms with E-state index in [1.54, 1.807) is 0 Å². The molecule has 2 unspecified atom stereocenters. The van der Waals surface area contributed by atoms with Crippen LogP contribution in [0, 0.1) is 0 Å². The molecule has 0 aromatic carbocycles. The number of amides is 1. The number of unbranched alkanes of at least 4 members (excludes halogenated alkanes) is 50. The summed E-state index contributed by atoms with van der Waals surface area (Å²) < 4.78 is 5.49. The summed E-state index contributed by atoms with van der Waals surface area (Å²) >= 11 is 0. The van der Waals surface area contributed by atoms with E-state index in [1.165, 1.54) is 308 Å². The summed E-state index contributed by atoms with van der Waals surface area (Å²) in [6.45, 7) is 4.97. The smallest absolute Gasteiger partial charge is 0.305 e. The first kappa shape index (κ1) is 74.3. The van der Waals surface area contributed by atoms with E-state index in [4.69, 9.17) is 4.74 Å². The molecule has 0 aliphatic rings. The number of carbonyl (C=O) groups is 2. The standard InChI is InChI=1S/C70H135NO5/c1-3-5-7-9-11-13-15-17-19-21-22-23-25-28-31-34-38-42-46-50-54-58-62-68(73)67(66-72)71-69(74)63-59-55-51-47-43-39-35-32-29-26-24-27-30-33-37-41-45-49-53-57-61-65-76-70(75)64-60-56-52-48-44-40-36-20-18-16-14-12-10-8-6-4-2/h20,26,29,36,67-68,72-73H,3-19,21-25,27-28,30-35,37-66H2,1-2H3,(H,71,74)/b29-26-,36-20-. The van der Waals surface area contributed by atoms with Gasteiger partial charge in [-0.25, -0.2) is 0 Å². The molecule has 0 fully saturated rings. The van der Waals surface area contributed by atoms with Crippen LogP contribution in [0.15, 0.2) is 24.3 Å². The average molecular weight is 1070 g/mol. The van der Waals surface area contributed by atoms with Gasteiger partial charge in [0.05, 0.1) is 25.4 Å². The molecular weight excluding hydrogens is 935 g/mol. The lowest BCUT2D eigenvalue weighted by atomic mass is 10.0. The molecular formula is C70H135NO5. The van der Waals surface area contributed by atoms with Crippen LogP contribution in [-0.2, 0) is 14.3 Å². The van der Waals surface area contributed by atoms with Crippen LogP contribution in [0.2, 0.25) is 0 Å². The quantitative estimate of drug-likeness (QED) is 0.0320. The summed E-state index contributed by atoms with van der Waals surface area (Å²) in [5.74, 6) is -0.0369. The second-order valence-corrected chi connectivity index (χ2v) is 23.9. The first-order chi connectivity index (χ1) is 37.5. The van der Waals surface area contributed by atoms with Gasteiger partial charge in [0.25, 0.3) is 0 Å². The van der Waals surface area contributed by atoms with Crippen LogP contribution in [0.1, 0.15) is 386 Å². The number of ether oxygens (including phenoxy) is 1. The van der Waals surface area contributed by atoms with E-state index in [2.05, 4.69) is 43.5 Å². The number of carbonyl (C=O) groups excluding carboxylic acids is 2. The molecule has 0 aromatic rings. The van der Waals surface area contributed by atoms with Crippen LogP contribution in [0.3, 0.4) is 0 Å². The van der Waals surface area contributed by atoms with Gasteiger partial charge in [-0.05, 0) is 77.0 Å². The highest BCUT2D eigenvalue weighted by atomic mass is 16.5.